The molecular weight excluding hydrogens is 321 g/mol. The fraction of sp³-hybridized carbons (Fsp3) is 0.211. The Kier molecular flexibility index (Phi) is 4.11. The van der Waals surface area contributed by atoms with Gasteiger partial charge in [0.1, 0.15) is 11.5 Å². The van der Waals surface area contributed by atoms with Gasteiger partial charge in [-0.25, -0.2) is 4.39 Å². The number of nitrogens with one attached hydrogen (secondary N) is 2. The van der Waals surface area contributed by atoms with Crippen LogP contribution < -0.4 is 10.2 Å². The van der Waals surface area contributed by atoms with Crippen LogP contribution in [0.25, 0.3) is 10.9 Å². The summed E-state index contributed by atoms with van der Waals surface area (Å²) in [6.07, 6.45) is 0. The lowest BCUT2D eigenvalue weighted by molar-refractivity contribution is 0.102. The summed E-state index contributed by atoms with van der Waals surface area (Å²) in [6.45, 7) is 2.90. The van der Waals surface area contributed by atoms with Gasteiger partial charge in [-0.3, -0.25) is 4.79 Å². The zero-order chi connectivity index (χ0) is 17.2. The number of para-hydroxylation sites is 2. The molecule has 4 rings (SSSR count). The maximum atomic E-state index is 13.8. The number of H-pyrrole nitrogens is 1. The average molecular weight is 339 g/mol. The lowest BCUT2D eigenvalue weighted by atomic mass is 10.2. The number of morpholine rings is 1. The maximum Gasteiger partial charge on any atom is 0.272 e. The summed E-state index contributed by atoms with van der Waals surface area (Å²) in [5.41, 5.74) is 2.62. The van der Waals surface area contributed by atoms with E-state index in [1.807, 2.05) is 24.3 Å². The number of hydrogen-bond acceptors (Lipinski definition) is 3. The largest absolute Gasteiger partial charge is 0.378 e. The molecule has 6 heteroatoms. The normalized spacial score (nSPS) is 14.7. The molecule has 1 fully saturated rings. The molecule has 0 aliphatic carbocycles. The Morgan fingerprint density at radius 1 is 1.12 bits per heavy atom. The van der Waals surface area contributed by atoms with E-state index in [4.69, 9.17) is 4.74 Å². The Bertz CT molecular complexity index is 916. The Morgan fingerprint density at radius 3 is 2.72 bits per heavy atom. The summed E-state index contributed by atoms with van der Waals surface area (Å²) in [5.74, 6) is -0.641. The summed E-state index contributed by atoms with van der Waals surface area (Å²) >= 11 is 0. The zero-order valence-corrected chi connectivity index (χ0v) is 13.6. The molecular formula is C19H18FN3O2. The molecule has 2 N–H and O–H groups in total. The number of aromatic amines is 1. The van der Waals surface area contributed by atoms with Crippen LogP contribution in [0.2, 0.25) is 0 Å². The second kappa shape index (κ2) is 6.57. The third-order valence-electron chi connectivity index (χ3n) is 4.36. The van der Waals surface area contributed by atoms with Gasteiger partial charge < -0.3 is 19.9 Å². The van der Waals surface area contributed by atoms with Crippen molar-refractivity contribution in [1.29, 1.82) is 0 Å². The lowest BCUT2D eigenvalue weighted by Gasteiger charge is -2.30. The number of carbonyl (C=O) groups excluding carboxylic acids is 1. The fourth-order valence-electron chi connectivity index (χ4n) is 3.09. The van der Waals surface area contributed by atoms with Crippen molar-refractivity contribution >= 4 is 28.2 Å². The molecule has 1 saturated heterocycles. The molecule has 0 radical (unpaired) electrons. The van der Waals surface area contributed by atoms with E-state index in [0.717, 1.165) is 24.5 Å². The molecule has 0 bridgehead atoms. The van der Waals surface area contributed by atoms with Crippen molar-refractivity contribution < 1.29 is 13.9 Å². The molecule has 2 heterocycles. The van der Waals surface area contributed by atoms with E-state index in [9.17, 15) is 9.18 Å². The van der Waals surface area contributed by atoms with Crippen LogP contribution in [0.15, 0.2) is 48.5 Å². The highest BCUT2D eigenvalue weighted by Gasteiger charge is 2.17. The number of halogens is 1. The van der Waals surface area contributed by atoms with E-state index in [0.29, 0.717) is 29.8 Å². The van der Waals surface area contributed by atoms with E-state index in [-0.39, 0.29) is 11.7 Å². The van der Waals surface area contributed by atoms with Gasteiger partial charge >= 0.3 is 0 Å². The minimum atomic E-state index is -0.346. The van der Waals surface area contributed by atoms with Crippen LogP contribution in [0.3, 0.4) is 0 Å². The number of rotatable bonds is 3. The minimum Gasteiger partial charge on any atom is -0.378 e. The van der Waals surface area contributed by atoms with E-state index >= 15 is 0 Å². The summed E-state index contributed by atoms with van der Waals surface area (Å²) in [5, 5.41) is 3.34. The van der Waals surface area contributed by atoms with E-state index in [2.05, 4.69) is 15.2 Å². The van der Waals surface area contributed by atoms with Crippen molar-refractivity contribution in [2.45, 2.75) is 0 Å². The number of fused-ring (bicyclic) bond motifs is 1. The molecule has 0 unspecified atom stereocenters. The number of benzene rings is 2. The first-order valence-corrected chi connectivity index (χ1v) is 8.23. The molecule has 0 atom stereocenters. The van der Waals surface area contributed by atoms with Gasteiger partial charge in [-0.1, -0.05) is 18.2 Å². The highest BCUT2D eigenvalue weighted by molar-refractivity contribution is 6.07. The van der Waals surface area contributed by atoms with Gasteiger partial charge in [0.05, 0.1) is 24.6 Å². The fourth-order valence-corrected chi connectivity index (χ4v) is 3.09. The summed E-state index contributed by atoms with van der Waals surface area (Å²) < 4.78 is 19.2. The van der Waals surface area contributed by atoms with Crippen molar-refractivity contribution in [1.82, 2.24) is 4.98 Å². The molecule has 1 aromatic heterocycles. The van der Waals surface area contributed by atoms with E-state index < -0.39 is 0 Å². The van der Waals surface area contributed by atoms with Crippen molar-refractivity contribution in [3.8, 4) is 0 Å². The number of aromatic nitrogens is 1. The smallest absolute Gasteiger partial charge is 0.272 e. The Labute approximate surface area is 144 Å². The van der Waals surface area contributed by atoms with E-state index in [1.165, 1.54) is 12.1 Å². The SMILES string of the molecule is O=C(Nc1ccccc1N1CCOCC1)c1cc2c(F)cccc2[nH]1. The highest BCUT2D eigenvalue weighted by atomic mass is 19.1. The number of carbonyl (C=O) groups is 1. The first-order chi connectivity index (χ1) is 12.2. The van der Waals surface area contributed by atoms with Gasteiger partial charge in [0, 0.05) is 24.0 Å². The molecule has 0 saturated carbocycles. The minimum absolute atomic E-state index is 0.295. The van der Waals surface area contributed by atoms with Gasteiger partial charge in [0.2, 0.25) is 0 Å². The standard InChI is InChI=1S/C19H18FN3O2/c20-14-4-3-6-15-13(14)12-17(21-15)19(24)22-16-5-1-2-7-18(16)23-8-10-25-11-9-23/h1-7,12,21H,8-11H2,(H,22,24). The Hall–Kier alpha value is -2.86. The number of hydrogen-bond donors (Lipinski definition) is 2. The van der Waals surface area contributed by atoms with Crippen LogP contribution >= 0.6 is 0 Å². The van der Waals surface area contributed by atoms with Gasteiger partial charge in [0.25, 0.3) is 5.91 Å². The zero-order valence-electron chi connectivity index (χ0n) is 13.6. The van der Waals surface area contributed by atoms with Gasteiger partial charge in [-0.05, 0) is 30.3 Å². The van der Waals surface area contributed by atoms with Crippen LogP contribution in [-0.4, -0.2) is 37.2 Å². The van der Waals surface area contributed by atoms with Crippen LogP contribution in [0.5, 0.6) is 0 Å². The Balaban J connectivity index is 1.61. The second-order valence-electron chi connectivity index (χ2n) is 5.95. The quantitative estimate of drug-likeness (QED) is 0.769. The second-order valence-corrected chi connectivity index (χ2v) is 5.95. The predicted octanol–water partition coefficient (Wildman–Crippen LogP) is 3.40. The predicted molar refractivity (Wildman–Crippen MR) is 95.7 cm³/mol. The summed E-state index contributed by atoms with van der Waals surface area (Å²) in [6, 6.07) is 13.9. The molecule has 1 amide bonds. The van der Waals surface area contributed by atoms with Crippen LogP contribution in [0.4, 0.5) is 15.8 Å². The summed E-state index contributed by atoms with van der Waals surface area (Å²) in [4.78, 5) is 17.8. The molecule has 1 aliphatic heterocycles. The van der Waals surface area contributed by atoms with Crippen molar-refractivity contribution in [2.75, 3.05) is 36.5 Å². The van der Waals surface area contributed by atoms with Crippen molar-refractivity contribution in [2.24, 2.45) is 0 Å². The molecule has 2 aromatic carbocycles. The molecule has 1 aliphatic rings. The van der Waals surface area contributed by atoms with E-state index in [1.54, 1.807) is 12.1 Å². The third kappa shape index (κ3) is 3.08. The van der Waals surface area contributed by atoms with Gasteiger partial charge in [0.15, 0.2) is 0 Å². The molecule has 128 valence electrons. The number of amides is 1. The highest BCUT2D eigenvalue weighted by Crippen LogP contribution is 2.27. The average Bonchev–Trinajstić information content (AvgIpc) is 3.09. The van der Waals surface area contributed by atoms with Gasteiger partial charge in [-0.15, -0.1) is 0 Å². The Morgan fingerprint density at radius 2 is 1.92 bits per heavy atom. The van der Waals surface area contributed by atoms with Crippen LogP contribution in [0.1, 0.15) is 10.5 Å². The molecule has 0 spiro atoms. The monoisotopic (exact) mass is 339 g/mol. The van der Waals surface area contributed by atoms with Crippen molar-refractivity contribution in [3.05, 3.63) is 60.0 Å². The number of ether oxygens (including phenoxy) is 1. The molecule has 3 aromatic rings. The lowest BCUT2D eigenvalue weighted by Crippen LogP contribution is -2.36. The van der Waals surface area contributed by atoms with Gasteiger partial charge in [-0.2, -0.15) is 0 Å². The van der Waals surface area contributed by atoms with Crippen LogP contribution in [0, 0.1) is 5.82 Å². The topological polar surface area (TPSA) is 57.4 Å². The summed E-state index contributed by atoms with van der Waals surface area (Å²) in [7, 11) is 0. The molecule has 5 nitrogen and oxygen atoms in total. The maximum absolute atomic E-state index is 13.8. The molecule has 25 heavy (non-hydrogen) atoms. The number of anilines is 2. The first kappa shape index (κ1) is 15.7. The first-order valence-electron chi connectivity index (χ1n) is 8.23. The number of nitrogens with zero attached hydrogens (tertiary/aromatic N) is 1. The van der Waals surface area contributed by atoms with Crippen molar-refractivity contribution in [3.63, 3.8) is 0 Å². The van der Waals surface area contributed by atoms with Crippen LogP contribution in [-0.2, 0) is 4.74 Å². The third-order valence-corrected chi connectivity index (χ3v) is 4.36.